The van der Waals surface area contributed by atoms with E-state index in [2.05, 4.69) is 19.8 Å². The molecule has 0 aliphatic heterocycles. The second-order valence-corrected chi connectivity index (χ2v) is 6.04. The number of nitrogens with zero attached hydrogens (tertiary/aromatic N) is 4. The maximum atomic E-state index is 13.2. The third kappa shape index (κ3) is 3.32. The highest BCUT2D eigenvalue weighted by Crippen LogP contribution is 2.28. The first-order valence-corrected chi connectivity index (χ1v) is 8.36. The van der Waals surface area contributed by atoms with Crippen molar-refractivity contribution in [2.75, 3.05) is 7.11 Å². The standard InChI is InChI=1S/C17H13FN4O3S/c1-23-25-26-15-9-20-16-13(21-15)8-14(17-19-6-7-24-17)22(16)10-11-2-4-12(18)5-3-11/h2-9H,10H2,1H3. The van der Waals surface area contributed by atoms with Crippen LogP contribution in [0.5, 0.6) is 0 Å². The quantitative estimate of drug-likeness (QED) is 0.289. The third-order valence-corrected chi connectivity index (χ3v) is 4.24. The van der Waals surface area contributed by atoms with Gasteiger partial charge in [0.2, 0.25) is 5.89 Å². The van der Waals surface area contributed by atoms with Crippen molar-refractivity contribution in [2.45, 2.75) is 11.6 Å². The van der Waals surface area contributed by atoms with E-state index in [0.29, 0.717) is 28.6 Å². The minimum Gasteiger partial charge on any atom is -0.443 e. The molecule has 0 aliphatic rings. The zero-order chi connectivity index (χ0) is 17.9. The van der Waals surface area contributed by atoms with Crippen molar-refractivity contribution < 1.29 is 18.0 Å². The van der Waals surface area contributed by atoms with Crippen LogP contribution >= 0.6 is 12.0 Å². The van der Waals surface area contributed by atoms with Crippen LogP contribution in [0.1, 0.15) is 5.56 Å². The van der Waals surface area contributed by atoms with E-state index < -0.39 is 0 Å². The molecule has 0 spiro atoms. The zero-order valence-electron chi connectivity index (χ0n) is 13.6. The summed E-state index contributed by atoms with van der Waals surface area (Å²) in [5.74, 6) is 0.174. The summed E-state index contributed by atoms with van der Waals surface area (Å²) in [5, 5.41) is 0.553. The van der Waals surface area contributed by atoms with Crippen LogP contribution in [0.25, 0.3) is 22.7 Å². The van der Waals surface area contributed by atoms with Gasteiger partial charge in [0.1, 0.15) is 28.3 Å². The van der Waals surface area contributed by atoms with Crippen LogP contribution in [-0.2, 0) is 15.8 Å². The van der Waals surface area contributed by atoms with Crippen molar-refractivity contribution >= 4 is 23.2 Å². The summed E-state index contributed by atoms with van der Waals surface area (Å²) in [6.45, 7) is 0.469. The molecule has 9 heteroatoms. The summed E-state index contributed by atoms with van der Waals surface area (Å²) in [7, 11) is 1.42. The fourth-order valence-corrected chi connectivity index (χ4v) is 2.94. The van der Waals surface area contributed by atoms with Crippen molar-refractivity contribution in [3.63, 3.8) is 0 Å². The Labute approximate surface area is 151 Å². The van der Waals surface area contributed by atoms with Crippen LogP contribution in [-0.4, -0.2) is 26.6 Å². The van der Waals surface area contributed by atoms with Crippen LogP contribution in [0.2, 0.25) is 0 Å². The second kappa shape index (κ2) is 7.24. The molecular formula is C17H13FN4O3S. The molecule has 26 heavy (non-hydrogen) atoms. The van der Waals surface area contributed by atoms with E-state index >= 15 is 0 Å². The Morgan fingerprint density at radius 1 is 1.23 bits per heavy atom. The van der Waals surface area contributed by atoms with Crippen molar-refractivity contribution in [1.82, 2.24) is 19.5 Å². The Bertz CT molecular complexity index is 1020. The molecule has 4 aromatic rings. The minimum atomic E-state index is -0.279. The van der Waals surface area contributed by atoms with E-state index in [-0.39, 0.29) is 5.82 Å². The van der Waals surface area contributed by atoms with Crippen molar-refractivity contribution in [2.24, 2.45) is 0 Å². The zero-order valence-corrected chi connectivity index (χ0v) is 14.4. The summed E-state index contributed by atoms with van der Waals surface area (Å²) in [5.41, 5.74) is 2.96. The van der Waals surface area contributed by atoms with Gasteiger partial charge >= 0.3 is 0 Å². The number of benzene rings is 1. The molecule has 4 rings (SSSR count). The van der Waals surface area contributed by atoms with Crippen LogP contribution in [0.15, 0.2) is 58.4 Å². The molecule has 0 radical (unpaired) electrons. The van der Waals surface area contributed by atoms with Crippen LogP contribution in [0.3, 0.4) is 0 Å². The number of rotatable bonds is 6. The first-order chi connectivity index (χ1) is 12.7. The molecule has 0 aliphatic carbocycles. The topological polar surface area (TPSA) is 75.2 Å². The normalized spacial score (nSPS) is 11.3. The van der Waals surface area contributed by atoms with E-state index in [9.17, 15) is 4.39 Å². The molecular weight excluding hydrogens is 359 g/mol. The molecule has 0 amide bonds. The molecule has 0 bridgehead atoms. The van der Waals surface area contributed by atoms with Gasteiger partial charge in [-0.3, -0.25) is 0 Å². The van der Waals surface area contributed by atoms with Crippen molar-refractivity contribution in [3.05, 3.63) is 60.4 Å². The lowest BCUT2D eigenvalue weighted by Gasteiger charge is -2.08. The average molecular weight is 372 g/mol. The lowest BCUT2D eigenvalue weighted by molar-refractivity contribution is -0.160. The van der Waals surface area contributed by atoms with E-state index in [1.807, 2.05) is 10.6 Å². The maximum absolute atomic E-state index is 13.2. The molecule has 0 N–H and O–H groups in total. The van der Waals surface area contributed by atoms with Crippen LogP contribution < -0.4 is 0 Å². The minimum absolute atomic E-state index is 0.279. The van der Waals surface area contributed by atoms with E-state index in [0.717, 1.165) is 23.3 Å². The van der Waals surface area contributed by atoms with Gasteiger partial charge in [0.15, 0.2) is 5.65 Å². The number of oxazole rings is 1. The van der Waals surface area contributed by atoms with Crippen LogP contribution in [0.4, 0.5) is 4.39 Å². The van der Waals surface area contributed by atoms with Gasteiger partial charge in [-0.25, -0.2) is 24.2 Å². The number of hydrogen-bond donors (Lipinski definition) is 0. The summed E-state index contributed by atoms with van der Waals surface area (Å²) >= 11 is 0.968. The highest BCUT2D eigenvalue weighted by Gasteiger charge is 2.17. The SMILES string of the molecule is COOSc1cnc2c(cc(-c3ncco3)n2Cc2ccc(F)cc2)n1. The lowest BCUT2D eigenvalue weighted by atomic mass is 10.2. The summed E-state index contributed by atoms with van der Waals surface area (Å²) in [6.07, 6.45) is 4.67. The van der Waals surface area contributed by atoms with Gasteiger partial charge in [0.05, 0.1) is 31.5 Å². The molecule has 0 saturated heterocycles. The highest BCUT2D eigenvalue weighted by molar-refractivity contribution is 7.94. The highest BCUT2D eigenvalue weighted by atomic mass is 32.2. The molecule has 0 saturated carbocycles. The van der Waals surface area contributed by atoms with Gasteiger partial charge < -0.3 is 8.98 Å². The first kappa shape index (κ1) is 16.7. The van der Waals surface area contributed by atoms with Gasteiger partial charge in [-0.1, -0.05) is 12.1 Å². The average Bonchev–Trinajstić information content (AvgIpc) is 3.30. The number of halogens is 1. The fraction of sp³-hybridized carbons (Fsp3) is 0.118. The summed E-state index contributed by atoms with van der Waals surface area (Å²) in [4.78, 5) is 17.8. The molecule has 0 fully saturated rings. The Morgan fingerprint density at radius 3 is 2.81 bits per heavy atom. The van der Waals surface area contributed by atoms with Gasteiger partial charge in [0.25, 0.3) is 0 Å². The summed E-state index contributed by atoms with van der Waals surface area (Å²) < 4.78 is 25.4. The Kier molecular flexibility index (Phi) is 4.65. The van der Waals surface area contributed by atoms with Gasteiger partial charge in [0, 0.05) is 6.54 Å². The number of hydrogen-bond acceptors (Lipinski definition) is 7. The third-order valence-electron chi connectivity index (χ3n) is 3.67. The first-order valence-electron chi connectivity index (χ1n) is 7.62. The molecule has 7 nitrogen and oxygen atoms in total. The predicted molar refractivity (Wildman–Crippen MR) is 92.5 cm³/mol. The van der Waals surface area contributed by atoms with Crippen molar-refractivity contribution in [3.8, 4) is 11.6 Å². The predicted octanol–water partition coefficient (Wildman–Crippen LogP) is 3.86. The second-order valence-electron chi connectivity index (χ2n) is 5.31. The van der Waals surface area contributed by atoms with Gasteiger partial charge in [-0.15, -0.1) is 0 Å². The summed E-state index contributed by atoms with van der Waals surface area (Å²) in [6, 6.07) is 8.15. The smallest absolute Gasteiger partial charge is 0.243 e. The largest absolute Gasteiger partial charge is 0.443 e. The number of aromatic nitrogens is 4. The van der Waals surface area contributed by atoms with E-state index in [1.54, 1.807) is 24.5 Å². The molecule has 0 unspecified atom stereocenters. The Balaban J connectivity index is 1.79. The fourth-order valence-electron chi connectivity index (χ4n) is 2.57. The van der Waals surface area contributed by atoms with Gasteiger partial charge in [-0.2, -0.15) is 4.33 Å². The van der Waals surface area contributed by atoms with E-state index in [1.165, 1.54) is 25.5 Å². The molecule has 3 aromatic heterocycles. The molecule has 0 atom stereocenters. The van der Waals surface area contributed by atoms with Crippen LogP contribution in [0, 0.1) is 5.82 Å². The van der Waals surface area contributed by atoms with Gasteiger partial charge in [-0.05, 0) is 23.8 Å². The Morgan fingerprint density at radius 2 is 2.08 bits per heavy atom. The maximum Gasteiger partial charge on any atom is 0.243 e. The molecule has 132 valence electrons. The monoisotopic (exact) mass is 372 g/mol. The Hall–Kier alpha value is -2.75. The van der Waals surface area contributed by atoms with E-state index in [4.69, 9.17) is 8.75 Å². The number of fused-ring (bicyclic) bond motifs is 1. The molecule has 1 aromatic carbocycles. The van der Waals surface area contributed by atoms with Crippen molar-refractivity contribution in [1.29, 1.82) is 0 Å². The lowest BCUT2D eigenvalue weighted by Crippen LogP contribution is -2.03. The molecule has 3 heterocycles.